The predicted octanol–water partition coefficient (Wildman–Crippen LogP) is 0.491. The molecule has 1 aliphatic heterocycles. The van der Waals surface area contributed by atoms with Gasteiger partial charge in [-0.2, -0.15) is 0 Å². The summed E-state index contributed by atoms with van der Waals surface area (Å²) in [5.74, 6) is 0. The monoisotopic (exact) mass is 340 g/mol. The molecule has 23 heavy (non-hydrogen) atoms. The quantitative estimate of drug-likeness (QED) is 0.789. The molecule has 2 atom stereocenters. The lowest BCUT2D eigenvalue weighted by molar-refractivity contribution is 0.112. The highest BCUT2D eigenvalue weighted by atomic mass is 32.2. The molecule has 6 nitrogen and oxygen atoms in total. The zero-order valence-electron chi connectivity index (χ0n) is 14.4. The molecule has 130 valence electrons. The minimum atomic E-state index is -3.37. The van der Waals surface area contributed by atoms with E-state index in [9.17, 15) is 8.42 Å². The van der Waals surface area contributed by atoms with Crippen molar-refractivity contribution in [2.24, 2.45) is 0 Å². The molecule has 1 saturated heterocycles. The molecular formula is C16H28N4O2S. The standard InChI is InChI=1S/C16H28N4O2S/c1-13(18-11-15-12-19(3)9-10-20(15)4)14-5-7-16(8-6-14)23(21,22)17-2/h5-8,13,15,17-18H,9-12H2,1-4H3/t13-,15+/m0/s1. The van der Waals surface area contributed by atoms with Crippen molar-refractivity contribution in [2.45, 2.75) is 23.9 Å². The Morgan fingerprint density at radius 1 is 1.22 bits per heavy atom. The highest BCUT2D eigenvalue weighted by molar-refractivity contribution is 7.89. The van der Waals surface area contributed by atoms with Crippen LogP contribution in [0.4, 0.5) is 0 Å². The van der Waals surface area contributed by atoms with Gasteiger partial charge in [-0.25, -0.2) is 13.1 Å². The van der Waals surface area contributed by atoms with E-state index in [1.807, 2.05) is 12.1 Å². The van der Waals surface area contributed by atoms with Gasteiger partial charge in [0.15, 0.2) is 0 Å². The number of piperazine rings is 1. The van der Waals surface area contributed by atoms with E-state index in [0.29, 0.717) is 10.9 Å². The van der Waals surface area contributed by atoms with Gasteiger partial charge in [0.1, 0.15) is 0 Å². The van der Waals surface area contributed by atoms with E-state index in [0.717, 1.165) is 31.7 Å². The Hall–Kier alpha value is -0.990. The number of nitrogens with zero attached hydrogens (tertiary/aromatic N) is 2. The molecule has 0 aliphatic carbocycles. The topological polar surface area (TPSA) is 64.7 Å². The molecule has 1 aliphatic rings. The molecule has 2 N–H and O–H groups in total. The molecule has 0 radical (unpaired) electrons. The van der Waals surface area contributed by atoms with Crippen LogP contribution in [-0.4, -0.2) is 71.6 Å². The molecule has 0 spiro atoms. The van der Waals surface area contributed by atoms with E-state index in [1.165, 1.54) is 7.05 Å². The van der Waals surface area contributed by atoms with Crippen molar-refractivity contribution in [3.63, 3.8) is 0 Å². The summed E-state index contributed by atoms with van der Waals surface area (Å²) in [5, 5.41) is 3.56. The third kappa shape index (κ3) is 4.74. The Morgan fingerprint density at radius 3 is 2.48 bits per heavy atom. The number of sulfonamides is 1. The van der Waals surface area contributed by atoms with Crippen LogP contribution in [0.25, 0.3) is 0 Å². The first-order valence-corrected chi connectivity index (χ1v) is 9.47. The number of nitrogens with one attached hydrogen (secondary N) is 2. The lowest BCUT2D eigenvalue weighted by Gasteiger charge is -2.38. The van der Waals surface area contributed by atoms with Crippen LogP contribution < -0.4 is 10.0 Å². The molecule has 1 aromatic carbocycles. The van der Waals surface area contributed by atoms with Crippen molar-refractivity contribution in [2.75, 3.05) is 47.3 Å². The van der Waals surface area contributed by atoms with Crippen LogP contribution in [0.1, 0.15) is 18.5 Å². The third-order valence-electron chi connectivity index (χ3n) is 4.60. The average Bonchev–Trinajstić information content (AvgIpc) is 2.55. The molecule has 0 unspecified atom stereocenters. The highest BCUT2D eigenvalue weighted by Crippen LogP contribution is 2.16. The van der Waals surface area contributed by atoms with Crippen LogP contribution >= 0.6 is 0 Å². The Morgan fingerprint density at radius 2 is 1.87 bits per heavy atom. The molecule has 2 rings (SSSR count). The maximum absolute atomic E-state index is 11.7. The summed E-state index contributed by atoms with van der Waals surface area (Å²) in [6.07, 6.45) is 0. The fourth-order valence-electron chi connectivity index (χ4n) is 2.81. The zero-order chi connectivity index (χ0) is 17.0. The van der Waals surface area contributed by atoms with Gasteiger partial charge < -0.3 is 10.2 Å². The number of likely N-dealkylation sites (N-methyl/N-ethyl adjacent to an activating group) is 2. The van der Waals surface area contributed by atoms with Crippen LogP contribution in [0.15, 0.2) is 29.2 Å². The van der Waals surface area contributed by atoms with E-state index < -0.39 is 10.0 Å². The summed E-state index contributed by atoms with van der Waals surface area (Å²) in [4.78, 5) is 5.04. The average molecular weight is 340 g/mol. The van der Waals surface area contributed by atoms with Gasteiger partial charge >= 0.3 is 0 Å². The largest absolute Gasteiger partial charge is 0.309 e. The Balaban J connectivity index is 1.94. The van der Waals surface area contributed by atoms with Crippen molar-refractivity contribution in [3.05, 3.63) is 29.8 Å². The van der Waals surface area contributed by atoms with Gasteiger partial charge in [0.25, 0.3) is 0 Å². The van der Waals surface area contributed by atoms with Crippen LogP contribution in [0.3, 0.4) is 0 Å². The molecule has 1 fully saturated rings. The number of benzene rings is 1. The van der Waals surface area contributed by atoms with Crippen LogP contribution in [0.5, 0.6) is 0 Å². The smallest absolute Gasteiger partial charge is 0.240 e. The molecule has 0 aromatic heterocycles. The van der Waals surface area contributed by atoms with Crippen LogP contribution in [0.2, 0.25) is 0 Å². The van der Waals surface area contributed by atoms with E-state index >= 15 is 0 Å². The molecule has 0 amide bonds. The fraction of sp³-hybridized carbons (Fsp3) is 0.625. The zero-order valence-corrected chi connectivity index (χ0v) is 15.2. The normalized spacial score (nSPS) is 22.2. The SMILES string of the molecule is CNS(=O)(=O)c1ccc([C@H](C)NC[C@@H]2CN(C)CCN2C)cc1. The molecule has 1 aromatic rings. The van der Waals surface area contributed by atoms with E-state index in [2.05, 4.69) is 40.9 Å². The van der Waals surface area contributed by atoms with E-state index in [4.69, 9.17) is 0 Å². The van der Waals surface area contributed by atoms with Gasteiger partial charge in [0.2, 0.25) is 10.0 Å². The summed E-state index contributed by atoms with van der Waals surface area (Å²) in [7, 11) is 2.38. The second-order valence-corrected chi connectivity index (χ2v) is 8.19. The number of rotatable bonds is 6. The van der Waals surface area contributed by atoms with Gasteiger partial charge in [-0.05, 0) is 45.8 Å². The van der Waals surface area contributed by atoms with Gasteiger partial charge in [0.05, 0.1) is 4.90 Å². The summed E-state index contributed by atoms with van der Waals surface area (Å²) in [6, 6.07) is 7.74. The van der Waals surface area contributed by atoms with Gasteiger partial charge in [-0.3, -0.25) is 4.90 Å². The molecule has 0 bridgehead atoms. The first kappa shape index (κ1) is 18.4. The van der Waals surface area contributed by atoms with E-state index in [1.54, 1.807) is 12.1 Å². The maximum atomic E-state index is 11.7. The third-order valence-corrected chi connectivity index (χ3v) is 6.03. The molecule has 7 heteroatoms. The van der Waals surface area contributed by atoms with Crippen molar-refractivity contribution in [1.29, 1.82) is 0 Å². The Kier molecular flexibility index (Phi) is 6.16. The lowest BCUT2D eigenvalue weighted by Crippen LogP contribution is -2.53. The number of hydrogen-bond donors (Lipinski definition) is 2. The fourth-order valence-corrected chi connectivity index (χ4v) is 3.54. The van der Waals surface area contributed by atoms with Gasteiger partial charge in [0, 0.05) is 38.3 Å². The Labute approximate surface area is 139 Å². The van der Waals surface area contributed by atoms with Gasteiger partial charge in [-0.15, -0.1) is 0 Å². The van der Waals surface area contributed by atoms with Crippen molar-refractivity contribution in [3.8, 4) is 0 Å². The second-order valence-electron chi connectivity index (χ2n) is 6.30. The predicted molar refractivity (Wildman–Crippen MR) is 93.0 cm³/mol. The summed E-state index contributed by atoms with van der Waals surface area (Å²) < 4.78 is 25.8. The summed E-state index contributed by atoms with van der Waals surface area (Å²) in [5.41, 5.74) is 1.09. The van der Waals surface area contributed by atoms with Crippen molar-refractivity contribution >= 4 is 10.0 Å². The van der Waals surface area contributed by atoms with E-state index in [-0.39, 0.29) is 6.04 Å². The minimum absolute atomic E-state index is 0.182. The first-order chi connectivity index (χ1) is 10.8. The first-order valence-electron chi connectivity index (χ1n) is 7.99. The molecule has 0 saturated carbocycles. The lowest BCUT2D eigenvalue weighted by atomic mass is 10.1. The summed E-state index contributed by atoms with van der Waals surface area (Å²) in [6.45, 7) is 6.29. The maximum Gasteiger partial charge on any atom is 0.240 e. The highest BCUT2D eigenvalue weighted by Gasteiger charge is 2.22. The van der Waals surface area contributed by atoms with Crippen LogP contribution in [0, 0.1) is 0 Å². The van der Waals surface area contributed by atoms with Crippen molar-refractivity contribution < 1.29 is 8.42 Å². The van der Waals surface area contributed by atoms with Crippen molar-refractivity contribution in [1.82, 2.24) is 19.8 Å². The van der Waals surface area contributed by atoms with Gasteiger partial charge in [-0.1, -0.05) is 12.1 Å². The minimum Gasteiger partial charge on any atom is -0.309 e. The summed E-state index contributed by atoms with van der Waals surface area (Å²) >= 11 is 0. The second kappa shape index (κ2) is 7.72. The molecular weight excluding hydrogens is 312 g/mol. The van der Waals surface area contributed by atoms with Crippen LogP contribution in [-0.2, 0) is 10.0 Å². The molecule has 1 heterocycles. The Bertz CT molecular complexity index is 603. The number of hydrogen-bond acceptors (Lipinski definition) is 5.